The molecule has 0 aliphatic heterocycles. The van der Waals surface area contributed by atoms with Gasteiger partial charge in [-0.3, -0.25) is 0 Å². The van der Waals surface area contributed by atoms with E-state index in [1.807, 2.05) is 22.6 Å². The smallest absolute Gasteiger partial charge is 0.256 e. The second-order valence-corrected chi connectivity index (χ2v) is 2.73. The van der Waals surface area contributed by atoms with E-state index < -0.39 is 5.95 Å². The molecule has 0 amide bonds. The first kappa shape index (κ1) is 7.71. The van der Waals surface area contributed by atoms with Crippen LogP contribution in [0.15, 0.2) is 12.1 Å². The molecule has 0 atom stereocenters. The van der Waals surface area contributed by atoms with E-state index in [0.717, 1.165) is 0 Å². The van der Waals surface area contributed by atoms with E-state index in [9.17, 15) is 4.39 Å². The minimum absolute atomic E-state index is 0.181. The Labute approximate surface area is 71.6 Å². The normalized spacial score (nSPS) is 9.50. The van der Waals surface area contributed by atoms with Crippen molar-refractivity contribution in [2.45, 2.75) is 0 Å². The van der Waals surface area contributed by atoms with E-state index in [-0.39, 0.29) is 5.75 Å². The summed E-state index contributed by atoms with van der Waals surface area (Å²) >= 11 is 1.93. The maximum absolute atomic E-state index is 12.6. The predicted octanol–water partition coefficient (Wildman–Crippen LogP) is 1.83. The first-order valence-corrected chi connectivity index (χ1v) is 3.68. The summed E-state index contributed by atoms with van der Waals surface area (Å²) in [7, 11) is 1.41. The topological polar surface area (TPSA) is 22.1 Å². The van der Waals surface area contributed by atoms with Gasteiger partial charge in [-0.1, -0.05) is 0 Å². The third-order valence-electron chi connectivity index (χ3n) is 1.00. The highest BCUT2D eigenvalue weighted by atomic mass is 127. The van der Waals surface area contributed by atoms with Gasteiger partial charge in [0.2, 0.25) is 0 Å². The Morgan fingerprint density at radius 2 is 2.30 bits per heavy atom. The Morgan fingerprint density at radius 3 is 2.80 bits per heavy atom. The lowest BCUT2D eigenvalue weighted by atomic mass is 10.4. The Kier molecular flexibility index (Phi) is 2.42. The third-order valence-corrected chi connectivity index (χ3v) is 1.60. The molecule has 0 unspecified atom stereocenters. The molecule has 10 heavy (non-hydrogen) atoms. The molecule has 4 heteroatoms. The number of halogens is 2. The number of rotatable bonds is 1. The molecule has 0 aliphatic carbocycles. The van der Waals surface area contributed by atoms with Crippen molar-refractivity contribution < 1.29 is 9.13 Å². The van der Waals surface area contributed by atoms with Gasteiger partial charge in [0.1, 0.15) is 3.70 Å². The Balaban J connectivity index is 3.07. The van der Waals surface area contributed by atoms with Crippen LogP contribution in [0.25, 0.3) is 0 Å². The van der Waals surface area contributed by atoms with Gasteiger partial charge in [-0.25, -0.2) is 4.98 Å². The molecule has 1 heterocycles. The lowest BCUT2D eigenvalue weighted by Gasteiger charge is -1.98. The van der Waals surface area contributed by atoms with Crippen molar-refractivity contribution in [3.8, 4) is 5.75 Å². The molecule has 1 aromatic rings. The van der Waals surface area contributed by atoms with Gasteiger partial charge in [-0.15, -0.1) is 0 Å². The number of nitrogens with zero attached hydrogens (tertiary/aromatic N) is 1. The van der Waals surface area contributed by atoms with Crippen molar-refractivity contribution in [2.24, 2.45) is 0 Å². The highest BCUT2D eigenvalue weighted by Gasteiger charge is 2.01. The van der Waals surface area contributed by atoms with Gasteiger partial charge in [0.15, 0.2) is 5.75 Å². The number of aromatic nitrogens is 1. The maximum atomic E-state index is 12.6. The number of hydrogen-bond donors (Lipinski definition) is 0. The maximum Gasteiger partial charge on any atom is 0.256 e. The first-order chi connectivity index (χ1) is 4.74. The zero-order chi connectivity index (χ0) is 7.56. The van der Waals surface area contributed by atoms with Gasteiger partial charge in [0.25, 0.3) is 5.95 Å². The summed E-state index contributed by atoms with van der Waals surface area (Å²) in [6.45, 7) is 0. The number of ether oxygens (including phenoxy) is 1. The lowest BCUT2D eigenvalue weighted by molar-refractivity contribution is 0.377. The van der Waals surface area contributed by atoms with E-state index >= 15 is 0 Å². The second kappa shape index (κ2) is 3.14. The summed E-state index contributed by atoms with van der Waals surface area (Å²) in [5.41, 5.74) is 0. The van der Waals surface area contributed by atoms with Crippen molar-refractivity contribution in [3.63, 3.8) is 0 Å². The van der Waals surface area contributed by atoms with Gasteiger partial charge in [-0.2, -0.15) is 4.39 Å². The summed E-state index contributed by atoms with van der Waals surface area (Å²) in [5.74, 6) is -0.380. The molecular formula is C6H5FINO. The van der Waals surface area contributed by atoms with Gasteiger partial charge in [-0.05, 0) is 34.7 Å². The summed E-state index contributed by atoms with van der Waals surface area (Å²) < 4.78 is 17.9. The molecule has 0 radical (unpaired) electrons. The minimum Gasteiger partial charge on any atom is -0.492 e. The van der Waals surface area contributed by atoms with Crippen LogP contribution in [-0.2, 0) is 0 Å². The van der Waals surface area contributed by atoms with Gasteiger partial charge in [0.05, 0.1) is 7.11 Å². The van der Waals surface area contributed by atoms with Crippen LogP contribution in [0.3, 0.4) is 0 Å². The minimum atomic E-state index is -0.561. The van der Waals surface area contributed by atoms with E-state index in [1.54, 1.807) is 12.1 Å². The van der Waals surface area contributed by atoms with Crippen LogP contribution in [0.4, 0.5) is 4.39 Å². The van der Waals surface area contributed by atoms with E-state index in [4.69, 9.17) is 0 Å². The molecule has 2 nitrogen and oxygen atoms in total. The molecule has 1 aromatic heterocycles. The highest BCUT2D eigenvalue weighted by Crippen LogP contribution is 2.14. The van der Waals surface area contributed by atoms with Crippen LogP contribution in [0, 0.1) is 9.65 Å². The molecule has 0 spiro atoms. The van der Waals surface area contributed by atoms with Gasteiger partial charge in [0, 0.05) is 0 Å². The van der Waals surface area contributed by atoms with E-state index in [1.165, 1.54) is 7.11 Å². The molecule has 0 N–H and O–H groups in total. The molecule has 0 saturated heterocycles. The molecular weight excluding hydrogens is 248 g/mol. The third kappa shape index (κ3) is 1.56. The second-order valence-electron chi connectivity index (χ2n) is 1.63. The molecule has 0 bridgehead atoms. The zero-order valence-corrected chi connectivity index (χ0v) is 7.42. The van der Waals surface area contributed by atoms with Crippen LogP contribution in [0.1, 0.15) is 0 Å². The van der Waals surface area contributed by atoms with E-state index in [0.29, 0.717) is 3.70 Å². The first-order valence-electron chi connectivity index (χ1n) is 2.60. The Bertz CT molecular complexity index is 241. The Morgan fingerprint density at radius 1 is 1.60 bits per heavy atom. The summed E-state index contributed by atoms with van der Waals surface area (Å²) in [6, 6.07) is 3.23. The fourth-order valence-corrected chi connectivity index (χ4v) is 0.943. The largest absolute Gasteiger partial charge is 0.492 e. The van der Waals surface area contributed by atoms with Gasteiger partial charge < -0.3 is 4.74 Å². The molecule has 0 aromatic carbocycles. The number of methoxy groups -OCH3 is 1. The van der Waals surface area contributed by atoms with Crippen LogP contribution in [0.5, 0.6) is 5.75 Å². The van der Waals surface area contributed by atoms with E-state index in [2.05, 4.69) is 9.72 Å². The molecule has 0 saturated carbocycles. The van der Waals surface area contributed by atoms with Crippen molar-refractivity contribution >= 4 is 22.6 Å². The quantitative estimate of drug-likeness (QED) is 0.562. The highest BCUT2D eigenvalue weighted by molar-refractivity contribution is 14.1. The average Bonchev–Trinajstić information content (AvgIpc) is 1.88. The zero-order valence-electron chi connectivity index (χ0n) is 5.27. The monoisotopic (exact) mass is 253 g/mol. The van der Waals surface area contributed by atoms with Crippen molar-refractivity contribution in [1.82, 2.24) is 4.98 Å². The molecule has 0 aliphatic rings. The van der Waals surface area contributed by atoms with Crippen LogP contribution >= 0.6 is 22.6 Å². The lowest BCUT2D eigenvalue weighted by Crippen LogP contribution is -1.92. The Hall–Kier alpha value is -0.390. The fraction of sp³-hybridized carbons (Fsp3) is 0.167. The number of pyridine rings is 1. The van der Waals surface area contributed by atoms with Gasteiger partial charge >= 0.3 is 0 Å². The standard InChI is InChI=1S/C6H5FINO/c1-10-4-2-3-5(8)9-6(4)7/h2-3H,1H3. The van der Waals surface area contributed by atoms with Crippen LogP contribution < -0.4 is 4.74 Å². The molecule has 54 valence electrons. The summed E-state index contributed by atoms with van der Waals surface area (Å²) in [6.07, 6.45) is 0. The number of hydrogen-bond acceptors (Lipinski definition) is 2. The van der Waals surface area contributed by atoms with Crippen LogP contribution in [-0.4, -0.2) is 12.1 Å². The SMILES string of the molecule is COc1ccc(I)nc1F. The van der Waals surface area contributed by atoms with Crippen molar-refractivity contribution in [3.05, 3.63) is 21.8 Å². The van der Waals surface area contributed by atoms with Crippen LogP contribution in [0.2, 0.25) is 0 Å². The molecule has 0 fully saturated rings. The van der Waals surface area contributed by atoms with Crippen molar-refractivity contribution in [2.75, 3.05) is 7.11 Å². The predicted molar refractivity (Wildman–Crippen MR) is 43.5 cm³/mol. The summed E-state index contributed by atoms with van der Waals surface area (Å²) in [5, 5.41) is 0. The fourth-order valence-electron chi connectivity index (χ4n) is 0.552. The average molecular weight is 253 g/mol. The van der Waals surface area contributed by atoms with Crippen molar-refractivity contribution in [1.29, 1.82) is 0 Å². The summed E-state index contributed by atoms with van der Waals surface area (Å²) in [4.78, 5) is 3.54. The molecule has 1 rings (SSSR count).